The third-order valence-corrected chi connectivity index (χ3v) is 3.33. The van der Waals surface area contributed by atoms with Gasteiger partial charge < -0.3 is 4.90 Å². The lowest BCUT2D eigenvalue weighted by molar-refractivity contribution is 0.679. The Kier molecular flexibility index (Phi) is 7.44. The van der Waals surface area contributed by atoms with Gasteiger partial charge in [0.05, 0.1) is 12.5 Å². The molecular weight excluding hydrogens is 333 g/mol. The first-order chi connectivity index (χ1) is 9.88. The van der Waals surface area contributed by atoms with Crippen molar-refractivity contribution in [1.82, 2.24) is 15.0 Å². The monoisotopic (exact) mass is 349 g/mol. The van der Waals surface area contributed by atoms with E-state index in [1.807, 2.05) is 0 Å². The molecule has 5 nitrogen and oxygen atoms in total. The summed E-state index contributed by atoms with van der Waals surface area (Å²) in [5.74, 6) is 1.15. The highest BCUT2D eigenvalue weighted by atomic mass is 35.6. The molecule has 0 aromatic carbocycles. The maximum absolute atomic E-state index is 8.65. The predicted octanol–water partition coefficient (Wildman–Crippen LogP) is 3.78. The molecule has 1 aromatic heterocycles. The van der Waals surface area contributed by atoms with E-state index in [9.17, 15) is 0 Å². The van der Waals surface area contributed by atoms with Crippen LogP contribution in [0.3, 0.4) is 0 Å². The van der Waals surface area contributed by atoms with E-state index in [4.69, 9.17) is 40.1 Å². The summed E-state index contributed by atoms with van der Waals surface area (Å²) < 4.78 is -1.69. The molecule has 1 rings (SSSR count). The maximum Gasteiger partial charge on any atom is 0.250 e. The number of unbranched alkanes of at least 4 members (excludes halogenated alkanes) is 2. The molecule has 1 aromatic rings. The Hall–Kier alpha value is -0.830. The Morgan fingerprint density at radius 1 is 1.19 bits per heavy atom. The van der Waals surface area contributed by atoms with Crippen LogP contribution in [0.2, 0.25) is 0 Å². The van der Waals surface area contributed by atoms with E-state index in [1.165, 1.54) is 0 Å². The molecule has 0 radical (unpaired) electrons. The zero-order valence-electron chi connectivity index (χ0n) is 12.1. The Labute approximate surface area is 140 Å². The lowest BCUT2D eigenvalue weighted by atomic mass is 10.2. The second kappa shape index (κ2) is 8.57. The lowest BCUT2D eigenvalue weighted by Crippen LogP contribution is -2.24. The third kappa shape index (κ3) is 6.21. The van der Waals surface area contributed by atoms with Gasteiger partial charge in [-0.2, -0.15) is 15.2 Å². The summed E-state index contributed by atoms with van der Waals surface area (Å²) in [6.45, 7) is 2.63. The van der Waals surface area contributed by atoms with Crippen LogP contribution in [0, 0.1) is 11.3 Å². The van der Waals surface area contributed by atoms with E-state index in [1.54, 1.807) is 11.9 Å². The minimum atomic E-state index is -1.69. The average Bonchev–Trinajstić information content (AvgIpc) is 2.43. The molecule has 8 heteroatoms. The summed E-state index contributed by atoms with van der Waals surface area (Å²) in [6, 6.07) is 2.08. The van der Waals surface area contributed by atoms with Gasteiger partial charge in [0, 0.05) is 20.0 Å². The van der Waals surface area contributed by atoms with Gasteiger partial charge in [-0.25, -0.2) is 4.98 Å². The van der Waals surface area contributed by atoms with Crippen LogP contribution in [0.25, 0.3) is 0 Å². The molecule has 116 valence electrons. The van der Waals surface area contributed by atoms with Gasteiger partial charge >= 0.3 is 0 Å². The van der Waals surface area contributed by atoms with E-state index in [0.29, 0.717) is 31.2 Å². The molecule has 0 amide bonds. The van der Waals surface area contributed by atoms with E-state index in [0.717, 1.165) is 19.3 Å². The molecule has 0 spiro atoms. The Morgan fingerprint density at radius 2 is 1.90 bits per heavy atom. The van der Waals surface area contributed by atoms with Crippen molar-refractivity contribution >= 4 is 40.8 Å². The number of anilines is 1. The number of nitrogens with zero attached hydrogens (tertiary/aromatic N) is 5. The van der Waals surface area contributed by atoms with Crippen molar-refractivity contribution in [3.8, 4) is 6.07 Å². The summed E-state index contributed by atoms with van der Waals surface area (Å²) in [4.78, 5) is 14.6. The quantitative estimate of drug-likeness (QED) is 0.553. The van der Waals surface area contributed by atoms with Gasteiger partial charge in [0.15, 0.2) is 5.82 Å². The van der Waals surface area contributed by atoms with Crippen molar-refractivity contribution in [2.24, 2.45) is 0 Å². The fraction of sp³-hybridized carbons (Fsp3) is 0.692. The molecule has 0 aliphatic rings. The zero-order valence-corrected chi connectivity index (χ0v) is 14.4. The highest BCUT2D eigenvalue weighted by molar-refractivity contribution is 6.66. The molecule has 0 aliphatic heterocycles. The smallest absolute Gasteiger partial charge is 0.250 e. The van der Waals surface area contributed by atoms with Crippen LogP contribution < -0.4 is 4.90 Å². The van der Waals surface area contributed by atoms with Crippen LogP contribution >= 0.6 is 34.8 Å². The van der Waals surface area contributed by atoms with Crippen LogP contribution in [-0.2, 0) is 10.2 Å². The molecule has 0 saturated heterocycles. The van der Waals surface area contributed by atoms with E-state index in [2.05, 4.69) is 27.9 Å². The number of aryl methyl sites for hydroxylation is 1. The van der Waals surface area contributed by atoms with Crippen molar-refractivity contribution in [2.75, 3.05) is 18.5 Å². The number of nitriles is 1. The Balaban J connectivity index is 3.00. The van der Waals surface area contributed by atoms with Gasteiger partial charge in [0.25, 0.3) is 0 Å². The van der Waals surface area contributed by atoms with Gasteiger partial charge in [-0.05, 0) is 6.42 Å². The van der Waals surface area contributed by atoms with Crippen molar-refractivity contribution in [2.45, 2.75) is 42.8 Å². The first kappa shape index (κ1) is 18.2. The SMILES string of the molecule is CCCCCc1nc(N(C)CCC#N)nc(C(Cl)(Cl)Cl)n1. The first-order valence-electron chi connectivity index (χ1n) is 6.78. The lowest BCUT2D eigenvalue weighted by Gasteiger charge is -2.18. The summed E-state index contributed by atoms with van der Waals surface area (Å²) in [6.07, 6.45) is 4.26. The summed E-state index contributed by atoms with van der Waals surface area (Å²) in [7, 11) is 1.80. The fourth-order valence-corrected chi connectivity index (χ4v) is 1.92. The third-order valence-electron chi connectivity index (χ3n) is 2.83. The molecule has 0 saturated carbocycles. The van der Waals surface area contributed by atoms with E-state index < -0.39 is 3.79 Å². The van der Waals surface area contributed by atoms with Crippen LogP contribution in [0.1, 0.15) is 44.3 Å². The van der Waals surface area contributed by atoms with Gasteiger partial charge in [0.1, 0.15) is 5.82 Å². The van der Waals surface area contributed by atoms with Gasteiger partial charge in [-0.1, -0.05) is 54.6 Å². The number of hydrogen-bond acceptors (Lipinski definition) is 5. The highest BCUT2D eigenvalue weighted by Crippen LogP contribution is 2.36. The Bertz CT molecular complexity index is 496. The molecule has 21 heavy (non-hydrogen) atoms. The van der Waals surface area contributed by atoms with Gasteiger partial charge in [-0.3, -0.25) is 0 Å². The molecule has 0 unspecified atom stereocenters. The van der Waals surface area contributed by atoms with Crippen molar-refractivity contribution in [3.63, 3.8) is 0 Å². The molecule has 1 heterocycles. The minimum Gasteiger partial charge on any atom is -0.343 e. The summed E-state index contributed by atoms with van der Waals surface area (Å²) >= 11 is 17.6. The van der Waals surface area contributed by atoms with Crippen LogP contribution in [0.5, 0.6) is 0 Å². The number of alkyl halides is 3. The maximum atomic E-state index is 8.65. The van der Waals surface area contributed by atoms with Crippen molar-refractivity contribution < 1.29 is 0 Å². The first-order valence-corrected chi connectivity index (χ1v) is 7.92. The fourth-order valence-electron chi connectivity index (χ4n) is 1.67. The molecule has 0 atom stereocenters. The number of halogens is 3. The zero-order chi connectivity index (χ0) is 15.9. The van der Waals surface area contributed by atoms with Crippen LogP contribution in [0.15, 0.2) is 0 Å². The normalized spacial score (nSPS) is 11.2. The largest absolute Gasteiger partial charge is 0.343 e. The van der Waals surface area contributed by atoms with Crippen molar-refractivity contribution in [3.05, 3.63) is 11.6 Å². The van der Waals surface area contributed by atoms with Crippen LogP contribution in [0.4, 0.5) is 5.95 Å². The topological polar surface area (TPSA) is 65.7 Å². The summed E-state index contributed by atoms with van der Waals surface area (Å²) in [5, 5.41) is 8.65. The highest BCUT2D eigenvalue weighted by Gasteiger charge is 2.28. The molecule has 0 bridgehead atoms. The minimum absolute atomic E-state index is 0.118. The molecule has 0 N–H and O–H groups in total. The Morgan fingerprint density at radius 3 is 2.48 bits per heavy atom. The second-order valence-corrected chi connectivity index (χ2v) is 6.94. The van der Waals surface area contributed by atoms with Crippen molar-refractivity contribution in [1.29, 1.82) is 5.26 Å². The molecular formula is C13H18Cl3N5. The molecule has 0 fully saturated rings. The van der Waals surface area contributed by atoms with Crippen LogP contribution in [-0.4, -0.2) is 28.5 Å². The average molecular weight is 351 g/mol. The summed E-state index contributed by atoms with van der Waals surface area (Å²) in [5.41, 5.74) is 0. The number of rotatable bonds is 7. The van der Waals surface area contributed by atoms with E-state index >= 15 is 0 Å². The number of hydrogen-bond donors (Lipinski definition) is 0. The van der Waals surface area contributed by atoms with E-state index in [-0.39, 0.29) is 5.82 Å². The standard InChI is InChI=1S/C13H18Cl3N5/c1-3-4-5-7-10-18-11(13(14,15)16)20-12(19-10)21(2)9-6-8-17/h3-7,9H2,1-2H3. The van der Waals surface area contributed by atoms with Gasteiger partial charge in [0.2, 0.25) is 9.74 Å². The molecule has 0 aliphatic carbocycles. The number of aromatic nitrogens is 3. The predicted molar refractivity (Wildman–Crippen MR) is 85.8 cm³/mol. The van der Waals surface area contributed by atoms with Gasteiger partial charge in [-0.15, -0.1) is 0 Å². The second-order valence-electron chi connectivity index (χ2n) is 4.66.